The summed E-state index contributed by atoms with van der Waals surface area (Å²) in [5.74, 6) is -0.968. The summed E-state index contributed by atoms with van der Waals surface area (Å²) in [6.07, 6.45) is 1.62. The molecule has 1 aliphatic carbocycles. The molecule has 1 aromatic carbocycles. The Kier molecular flexibility index (Phi) is 6.40. The lowest BCUT2D eigenvalue weighted by atomic mass is 9.64. The zero-order chi connectivity index (χ0) is 30.1. The van der Waals surface area contributed by atoms with Crippen molar-refractivity contribution in [1.82, 2.24) is 29.9 Å². The van der Waals surface area contributed by atoms with Crippen molar-refractivity contribution >= 4 is 22.5 Å². The largest absolute Gasteiger partial charge is 0.440 e. The van der Waals surface area contributed by atoms with Crippen LogP contribution in [0.3, 0.4) is 0 Å². The predicted molar refractivity (Wildman–Crippen MR) is 146 cm³/mol. The van der Waals surface area contributed by atoms with E-state index in [-0.39, 0.29) is 25.1 Å². The van der Waals surface area contributed by atoms with Crippen molar-refractivity contribution in [3.05, 3.63) is 94.1 Å². The van der Waals surface area contributed by atoms with E-state index in [1.807, 2.05) is 6.08 Å². The summed E-state index contributed by atoms with van der Waals surface area (Å²) in [6, 6.07) is 6.89. The molecule has 14 heteroatoms. The number of pyridine rings is 1. The predicted octanol–water partition coefficient (Wildman–Crippen LogP) is 5.20. The molecule has 9 nitrogen and oxygen atoms in total. The summed E-state index contributed by atoms with van der Waals surface area (Å²) in [5.41, 5.74) is 1.28. The van der Waals surface area contributed by atoms with Crippen molar-refractivity contribution in [2.45, 2.75) is 49.3 Å². The number of alkyl halides is 3. The molecule has 1 saturated heterocycles. The number of nitrogens with zero attached hydrogens (tertiary/aromatic N) is 5. The second kappa shape index (κ2) is 9.95. The average Bonchev–Trinajstić information content (AvgIpc) is 3.70. The first-order valence-corrected chi connectivity index (χ1v) is 14.8. The molecule has 3 aliphatic rings. The average molecular weight is 611 g/mol. The van der Waals surface area contributed by atoms with E-state index in [2.05, 4.69) is 20.5 Å². The van der Waals surface area contributed by atoms with Crippen LogP contribution in [0, 0.1) is 16.0 Å². The summed E-state index contributed by atoms with van der Waals surface area (Å²) in [7, 11) is -2.04. The fourth-order valence-corrected chi connectivity index (χ4v) is 7.26. The zero-order valence-electron chi connectivity index (χ0n) is 22.5. The number of ketones is 1. The van der Waals surface area contributed by atoms with Crippen LogP contribution in [-0.2, 0) is 40.4 Å². The number of carbonyl (C=O) groups is 1. The first-order valence-electron chi connectivity index (χ1n) is 13.6. The van der Waals surface area contributed by atoms with Crippen molar-refractivity contribution in [2.75, 3.05) is 6.54 Å². The fourth-order valence-electron chi connectivity index (χ4n) is 6.46. The van der Waals surface area contributed by atoms with Gasteiger partial charge in [-0.05, 0) is 73.7 Å². The van der Waals surface area contributed by atoms with Crippen molar-refractivity contribution in [1.29, 1.82) is 4.78 Å². The second-order valence-corrected chi connectivity index (χ2v) is 12.0. The first kappa shape index (κ1) is 27.7. The third-order valence-corrected chi connectivity index (χ3v) is 9.35. The highest BCUT2D eigenvalue weighted by Crippen LogP contribution is 2.48. The maximum absolute atomic E-state index is 14.2. The van der Waals surface area contributed by atoms with Gasteiger partial charge in [0.25, 0.3) is 0 Å². The Morgan fingerprint density at radius 3 is 2.72 bits per heavy atom. The van der Waals surface area contributed by atoms with E-state index in [1.165, 1.54) is 12.1 Å². The van der Waals surface area contributed by atoms with Gasteiger partial charge in [-0.15, -0.1) is 0 Å². The molecule has 5 heterocycles. The van der Waals surface area contributed by atoms with E-state index in [0.29, 0.717) is 46.1 Å². The molecule has 3 aromatic heterocycles. The topological polar surface area (TPSA) is 119 Å². The Morgan fingerprint density at radius 1 is 1.19 bits per heavy atom. The van der Waals surface area contributed by atoms with Gasteiger partial charge < -0.3 is 14.3 Å². The number of aromatic nitrogens is 5. The van der Waals surface area contributed by atoms with Crippen LogP contribution in [0.4, 0.5) is 17.6 Å². The highest BCUT2D eigenvalue weighted by molar-refractivity contribution is 7.73. The van der Waals surface area contributed by atoms with E-state index in [1.54, 1.807) is 27.7 Å². The van der Waals surface area contributed by atoms with Crippen LogP contribution < -0.4 is 5.32 Å². The molecule has 0 spiro atoms. The number of aryl methyl sites for hydroxylation is 1. The quantitative estimate of drug-likeness (QED) is 0.182. The number of hydrogen-bond donors (Lipinski definition) is 2. The van der Waals surface area contributed by atoms with Gasteiger partial charge in [-0.1, -0.05) is 10.5 Å². The molecule has 7 rings (SSSR count). The maximum atomic E-state index is 14.2. The third-order valence-electron chi connectivity index (χ3n) is 8.54. The molecule has 0 bridgehead atoms. The van der Waals surface area contributed by atoms with Gasteiger partial charge in [0.05, 0.1) is 40.3 Å². The van der Waals surface area contributed by atoms with Gasteiger partial charge in [0, 0.05) is 25.0 Å². The van der Waals surface area contributed by atoms with Crippen LogP contribution in [0.5, 0.6) is 0 Å². The minimum Gasteiger partial charge on any atom is -0.440 e. The fraction of sp³-hybridized carbons (Fsp3) is 0.310. The highest BCUT2D eigenvalue weighted by atomic mass is 32.2. The van der Waals surface area contributed by atoms with E-state index >= 15 is 0 Å². The molecular weight excluding hydrogens is 586 g/mol. The van der Waals surface area contributed by atoms with E-state index in [9.17, 15) is 26.6 Å². The minimum absolute atomic E-state index is 0.0493. The first-order chi connectivity index (χ1) is 20.5. The van der Waals surface area contributed by atoms with Crippen LogP contribution in [0.2, 0.25) is 0 Å². The molecule has 43 heavy (non-hydrogen) atoms. The number of fused-ring (bicyclic) bond motifs is 3. The zero-order valence-corrected chi connectivity index (χ0v) is 23.3. The Hall–Kier alpha value is -4.17. The smallest absolute Gasteiger partial charge is 0.416 e. The van der Waals surface area contributed by atoms with E-state index < -0.39 is 45.4 Å². The Labute approximate surface area is 244 Å². The molecule has 1 unspecified atom stereocenters. The molecule has 222 valence electrons. The molecule has 2 atom stereocenters. The van der Waals surface area contributed by atoms with Crippen molar-refractivity contribution in [2.24, 2.45) is 5.41 Å². The molecule has 0 amide bonds. The summed E-state index contributed by atoms with van der Waals surface area (Å²) in [5, 5.41) is 12.5. The van der Waals surface area contributed by atoms with Gasteiger partial charge in [0.2, 0.25) is 0 Å². The van der Waals surface area contributed by atoms with E-state index in [4.69, 9.17) is 4.78 Å². The van der Waals surface area contributed by atoms with Crippen molar-refractivity contribution in [3.8, 4) is 5.69 Å². The molecule has 0 radical (unpaired) electrons. The van der Waals surface area contributed by atoms with Gasteiger partial charge in [-0.2, -0.15) is 34.0 Å². The van der Waals surface area contributed by atoms with Gasteiger partial charge in [-0.3, -0.25) is 14.5 Å². The third kappa shape index (κ3) is 4.50. The molecule has 4 aromatic rings. The van der Waals surface area contributed by atoms with Crippen LogP contribution in [0.15, 0.2) is 59.3 Å². The number of rotatable bonds is 5. The Bertz CT molecular complexity index is 1880. The van der Waals surface area contributed by atoms with Gasteiger partial charge in [-0.25, -0.2) is 9.07 Å². The lowest BCUT2D eigenvalue weighted by Gasteiger charge is -2.44. The number of nitrogens with one attached hydrogen (secondary N) is 2. The highest BCUT2D eigenvalue weighted by Gasteiger charge is 2.50. The van der Waals surface area contributed by atoms with Crippen molar-refractivity contribution < 1.29 is 26.6 Å². The molecule has 1 fully saturated rings. The summed E-state index contributed by atoms with van der Waals surface area (Å²) < 4.78 is 78.3. The molecular formula is C29H24F4N7O2S-. The summed E-state index contributed by atoms with van der Waals surface area (Å²) in [4.78, 5) is 18.6. The monoisotopic (exact) mass is 610 g/mol. The van der Waals surface area contributed by atoms with E-state index in [0.717, 1.165) is 30.4 Å². The second-order valence-electron chi connectivity index (χ2n) is 11.0. The number of halogens is 4. The number of carbonyl (C=O) groups excluding carboxylic acids is 1. The molecule has 2 N–H and O–H groups in total. The standard InChI is InChI=1S/C29H24F4N7O2S/c30-19-3-5-20(6-4-19)40-24-12-18-11-21(25-26(43(34)42)23-2-1-9-39(23)38-25)36-15-28(18,13-16(24)14-37-40)27(41)22-10-17(7-8-35-22)29(31,32)33/h3-8,10,12,14,21,34,36H,1-2,9,11,13,15H2/q-1/t21?,28-/m0/s1. The number of Topliss-reactive ketones (excluding diaryl/α,β-unsaturated/α-hetero) is 1. The van der Waals surface area contributed by atoms with Gasteiger partial charge >= 0.3 is 6.18 Å². The Morgan fingerprint density at radius 2 is 1.98 bits per heavy atom. The van der Waals surface area contributed by atoms with Crippen LogP contribution in [0.1, 0.15) is 57.6 Å². The van der Waals surface area contributed by atoms with Gasteiger partial charge in [0.15, 0.2) is 5.78 Å². The Balaban J connectivity index is 1.34. The van der Waals surface area contributed by atoms with Gasteiger partial charge in [0.1, 0.15) is 11.5 Å². The number of benzene rings is 1. The summed E-state index contributed by atoms with van der Waals surface area (Å²) in [6.45, 7) is 0.701. The van der Waals surface area contributed by atoms with Crippen LogP contribution >= 0.6 is 0 Å². The number of piperidine rings is 1. The number of hydrogen-bond acceptors (Lipinski definition) is 8. The summed E-state index contributed by atoms with van der Waals surface area (Å²) >= 11 is 0. The van der Waals surface area contributed by atoms with Crippen molar-refractivity contribution in [3.63, 3.8) is 0 Å². The minimum atomic E-state index is -4.65. The maximum Gasteiger partial charge on any atom is 0.416 e. The van der Waals surface area contributed by atoms with Crippen LogP contribution in [0.25, 0.3) is 11.8 Å². The molecule has 0 saturated carbocycles. The SMILES string of the molecule is N=[S-](=O)c1c(C2CC3=Cc4c(cnn4-c4ccc(F)cc4)C[C@]3(C(=O)c3cc(C(F)(F)F)ccn3)CN2)nn2c1CCC2. The normalized spacial score (nSPS) is 21.3. The lowest BCUT2D eigenvalue weighted by molar-refractivity contribution is -0.137. The van der Waals surface area contributed by atoms with Crippen LogP contribution in [-0.4, -0.2) is 36.9 Å². The lowest BCUT2D eigenvalue weighted by Crippen LogP contribution is -2.51. The molecule has 2 aliphatic heterocycles.